The van der Waals surface area contributed by atoms with Gasteiger partial charge in [-0.2, -0.15) is 4.98 Å². The second kappa shape index (κ2) is 4.83. The largest absolute Gasteiger partial charge is 0.480 e. The van der Waals surface area contributed by atoms with Gasteiger partial charge in [0.15, 0.2) is 5.82 Å². The Morgan fingerprint density at radius 3 is 3.00 bits per heavy atom. The number of carboxylic acids is 1. The zero-order valence-electron chi connectivity index (χ0n) is 10.1. The zero-order chi connectivity index (χ0) is 12.4. The maximum absolute atomic E-state index is 11.2. The topological polar surface area (TPSA) is 79.5 Å². The number of piperidine rings is 1. The van der Waals surface area contributed by atoms with E-state index in [1.54, 1.807) is 6.92 Å². The Kier molecular flexibility index (Phi) is 3.42. The van der Waals surface area contributed by atoms with Crippen molar-refractivity contribution < 1.29 is 14.4 Å². The highest BCUT2D eigenvalue weighted by Gasteiger charge is 2.32. The highest BCUT2D eigenvalue weighted by atomic mass is 16.5. The lowest BCUT2D eigenvalue weighted by atomic mass is 9.92. The molecule has 0 spiro atoms. The van der Waals surface area contributed by atoms with Gasteiger partial charge >= 0.3 is 5.97 Å². The first-order valence-electron chi connectivity index (χ1n) is 5.82. The molecule has 0 aliphatic carbocycles. The molecule has 6 heteroatoms. The van der Waals surface area contributed by atoms with Gasteiger partial charge in [-0.15, -0.1) is 0 Å². The van der Waals surface area contributed by atoms with Crippen LogP contribution in [0.1, 0.15) is 31.5 Å². The number of rotatable bonds is 3. The Morgan fingerprint density at radius 2 is 2.41 bits per heavy atom. The minimum absolute atomic E-state index is 0.421. The van der Waals surface area contributed by atoms with E-state index in [9.17, 15) is 9.90 Å². The van der Waals surface area contributed by atoms with Gasteiger partial charge in [-0.1, -0.05) is 12.1 Å². The average Bonchev–Trinajstić information content (AvgIpc) is 2.66. The van der Waals surface area contributed by atoms with Crippen LogP contribution in [0.25, 0.3) is 0 Å². The van der Waals surface area contributed by atoms with Crippen LogP contribution in [0.3, 0.4) is 0 Å². The van der Waals surface area contributed by atoms with Gasteiger partial charge in [-0.05, 0) is 32.2 Å². The molecule has 0 saturated carbocycles. The summed E-state index contributed by atoms with van der Waals surface area (Å²) in [7, 11) is 0. The normalized spacial score (nSPS) is 26.0. The van der Waals surface area contributed by atoms with Gasteiger partial charge in [0.25, 0.3) is 0 Å². The molecular weight excluding hydrogens is 222 g/mol. The summed E-state index contributed by atoms with van der Waals surface area (Å²) >= 11 is 0. The third-order valence-corrected chi connectivity index (χ3v) is 3.17. The van der Waals surface area contributed by atoms with Crippen molar-refractivity contribution in [3.63, 3.8) is 0 Å². The van der Waals surface area contributed by atoms with E-state index in [0.29, 0.717) is 30.6 Å². The number of nitrogens with zero attached hydrogens (tertiary/aromatic N) is 3. The zero-order valence-corrected chi connectivity index (χ0v) is 10.1. The predicted molar refractivity (Wildman–Crippen MR) is 59.3 cm³/mol. The van der Waals surface area contributed by atoms with E-state index in [1.807, 2.05) is 4.90 Å². The minimum Gasteiger partial charge on any atom is -0.480 e. The van der Waals surface area contributed by atoms with Crippen LogP contribution >= 0.6 is 0 Å². The van der Waals surface area contributed by atoms with Crippen LogP contribution in [0.2, 0.25) is 0 Å². The van der Waals surface area contributed by atoms with Gasteiger partial charge in [-0.25, -0.2) is 0 Å². The van der Waals surface area contributed by atoms with Crippen molar-refractivity contribution in [2.24, 2.45) is 5.92 Å². The lowest BCUT2D eigenvalue weighted by Gasteiger charge is -2.34. The Bertz CT molecular complexity index is 404. The molecule has 2 unspecified atom stereocenters. The summed E-state index contributed by atoms with van der Waals surface area (Å²) in [5, 5.41) is 12.9. The van der Waals surface area contributed by atoms with E-state index in [-0.39, 0.29) is 0 Å². The van der Waals surface area contributed by atoms with Crippen molar-refractivity contribution in [2.45, 2.75) is 39.3 Å². The van der Waals surface area contributed by atoms with Crippen LogP contribution in [-0.4, -0.2) is 38.7 Å². The molecule has 1 N–H and O–H groups in total. The molecule has 2 heterocycles. The standard InChI is InChI=1S/C11H17N3O3/c1-7-3-4-14(9(5-7)11(15)16)6-10-12-8(2)13-17-10/h7,9H,3-6H2,1-2H3,(H,15,16). The van der Waals surface area contributed by atoms with Crippen molar-refractivity contribution in [1.82, 2.24) is 15.0 Å². The van der Waals surface area contributed by atoms with E-state index in [0.717, 1.165) is 13.0 Å². The average molecular weight is 239 g/mol. The summed E-state index contributed by atoms with van der Waals surface area (Å²) < 4.78 is 5.03. The number of carbonyl (C=O) groups is 1. The SMILES string of the molecule is Cc1noc(CN2CCC(C)CC2C(=O)O)n1. The summed E-state index contributed by atoms with van der Waals surface area (Å²) in [6.07, 6.45) is 1.69. The van der Waals surface area contributed by atoms with Crippen LogP contribution in [0.4, 0.5) is 0 Å². The first kappa shape index (κ1) is 12.0. The predicted octanol–water partition coefficient (Wildman–Crippen LogP) is 1.06. The highest BCUT2D eigenvalue weighted by molar-refractivity contribution is 5.73. The first-order valence-corrected chi connectivity index (χ1v) is 5.82. The molecule has 1 aliphatic rings. The summed E-state index contributed by atoms with van der Waals surface area (Å²) in [6.45, 7) is 5.02. The highest BCUT2D eigenvalue weighted by Crippen LogP contribution is 2.24. The van der Waals surface area contributed by atoms with E-state index >= 15 is 0 Å². The number of aliphatic carboxylic acids is 1. The first-order chi connectivity index (χ1) is 8.06. The van der Waals surface area contributed by atoms with E-state index < -0.39 is 12.0 Å². The number of carboxylic acid groups (broad SMARTS) is 1. The van der Waals surface area contributed by atoms with E-state index in [4.69, 9.17) is 4.52 Å². The minimum atomic E-state index is -0.771. The maximum atomic E-state index is 11.2. The Balaban J connectivity index is 2.05. The van der Waals surface area contributed by atoms with Crippen LogP contribution in [-0.2, 0) is 11.3 Å². The molecule has 1 fully saturated rings. The van der Waals surface area contributed by atoms with E-state index in [1.165, 1.54) is 0 Å². The van der Waals surface area contributed by atoms with Gasteiger partial charge in [-0.3, -0.25) is 9.69 Å². The second-order valence-corrected chi connectivity index (χ2v) is 4.69. The van der Waals surface area contributed by atoms with Crippen LogP contribution in [0, 0.1) is 12.8 Å². The monoisotopic (exact) mass is 239 g/mol. The third kappa shape index (κ3) is 2.82. The molecule has 0 radical (unpaired) electrons. The fourth-order valence-corrected chi connectivity index (χ4v) is 2.21. The van der Waals surface area contributed by atoms with Crippen molar-refractivity contribution in [1.29, 1.82) is 0 Å². The molecular formula is C11H17N3O3. The molecule has 6 nitrogen and oxygen atoms in total. The van der Waals surface area contributed by atoms with Gasteiger partial charge in [0.05, 0.1) is 6.54 Å². The van der Waals surface area contributed by atoms with Crippen molar-refractivity contribution in [2.75, 3.05) is 6.54 Å². The molecule has 1 aromatic rings. The van der Waals surface area contributed by atoms with Crippen LogP contribution < -0.4 is 0 Å². The van der Waals surface area contributed by atoms with Crippen LogP contribution in [0.5, 0.6) is 0 Å². The number of aromatic nitrogens is 2. The summed E-state index contributed by atoms with van der Waals surface area (Å²) in [6, 6.07) is -0.439. The summed E-state index contributed by atoms with van der Waals surface area (Å²) in [4.78, 5) is 17.2. The number of hydrogen-bond acceptors (Lipinski definition) is 5. The van der Waals surface area contributed by atoms with Gasteiger partial charge in [0.1, 0.15) is 6.04 Å². The molecule has 1 aromatic heterocycles. The summed E-state index contributed by atoms with van der Waals surface area (Å²) in [5.74, 6) is 0.755. The molecule has 94 valence electrons. The van der Waals surface area contributed by atoms with Crippen molar-refractivity contribution in [3.8, 4) is 0 Å². The number of hydrogen-bond donors (Lipinski definition) is 1. The molecule has 0 bridgehead atoms. The molecule has 0 aromatic carbocycles. The molecule has 2 rings (SSSR count). The summed E-state index contributed by atoms with van der Waals surface area (Å²) in [5.41, 5.74) is 0. The molecule has 1 aliphatic heterocycles. The lowest BCUT2D eigenvalue weighted by molar-refractivity contribution is -0.145. The quantitative estimate of drug-likeness (QED) is 0.849. The maximum Gasteiger partial charge on any atom is 0.320 e. The Hall–Kier alpha value is -1.43. The molecule has 17 heavy (non-hydrogen) atoms. The van der Waals surface area contributed by atoms with Gasteiger partial charge < -0.3 is 9.63 Å². The van der Waals surface area contributed by atoms with Gasteiger partial charge in [0.2, 0.25) is 5.89 Å². The Labute approximate surface area is 99.6 Å². The fraction of sp³-hybridized carbons (Fsp3) is 0.727. The lowest BCUT2D eigenvalue weighted by Crippen LogP contribution is -2.46. The second-order valence-electron chi connectivity index (χ2n) is 4.69. The van der Waals surface area contributed by atoms with Crippen LogP contribution in [0.15, 0.2) is 4.52 Å². The van der Waals surface area contributed by atoms with Gasteiger partial charge in [0, 0.05) is 0 Å². The van der Waals surface area contributed by atoms with E-state index in [2.05, 4.69) is 17.1 Å². The van der Waals surface area contributed by atoms with Crippen molar-refractivity contribution >= 4 is 5.97 Å². The molecule has 1 saturated heterocycles. The van der Waals surface area contributed by atoms with Crippen molar-refractivity contribution in [3.05, 3.63) is 11.7 Å². The third-order valence-electron chi connectivity index (χ3n) is 3.17. The number of likely N-dealkylation sites (tertiary alicyclic amines) is 1. The smallest absolute Gasteiger partial charge is 0.320 e. The molecule has 0 amide bonds. The molecule has 2 atom stereocenters. The number of aryl methyl sites for hydroxylation is 1. The fourth-order valence-electron chi connectivity index (χ4n) is 2.21. The Morgan fingerprint density at radius 1 is 1.65 bits per heavy atom.